The van der Waals surface area contributed by atoms with Crippen LogP contribution in [-0.4, -0.2) is 35.9 Å². The van der Waals surface area contributed by atoms with Gasteiger partial charge in [-0.25, -0.2) is 4.98 Å². The quantitative estimate of drug-likeness (QED) is 0.429. The van der Waals surface area contributed by atoms with E-state index in [2.05, 4.69) is 4.98 Å². The summed E-state index contributed by atoms with van der Waals surface area (Å²) in [6, 6.07) is 5.56. The number of hydrogen-bond donors (Lipinski definition) is 0. The van der Waals surface area contributed by atoms with Crippen LogP contribution in [0.5, 0.6) is 11.5 Å². The minimum atomic E-state index is -0.685. The molecular formula is C22H27NO6S. The van der Waals surface area contributed by atoms with Crippen molar-refractivity contribution in [1.29, 1.82) is 0 Å². The number of rotatable bonds is 9. The number of ether oxygens (including phenoxy) is 3. The zero-order chi connectivity index (χ0) is 22.4. The highest BCUT2D eigenvalue weighted by molar-refractivity contribution is 7.12. The molecule has 0 saturated heterocycles. The summed E-state index contributed by atoms with van der Waals surface area (Å²) < 4.78 is 15.9. The van der Waals surface area contributed by atoms with Crippen LogP contribution in [0, 0.1) is 12.8 Å². The first-order valence-corrected chi connectivity index (χ1v) is 10.5. The lowest BCUT2D eigenvalue weighted by Gasteiger charge is -2.21. The third kappa shape index (κ3) is 5.89. The topological polar surface area (TPSA) is 91.8 Å². The summed E-state index contributed by atoms with van der Waals surface area (Å²) >= 11 is 1.67. The largest absolute Gasteiger partial charge is 0.493 e. The van der Waals surface area contributed by atoms with Gasteiger partial charge in [0.1, 0.15) is 6.10 Å². The van der Waals surface area contributed by atoms with Crippen molar-refractivity contribution < 1.29 is 28.6 Å². The number of methoxy groups -OCH3 is 1. The van der Waals surface area contributed by atoms with Crippen LogP contribution in [0.4, 0.5) is 0 Å². The SMILES string of the molecule is COc1ccnc(C(=O)C[C@@H](C)C(=O)O[C@@H](C)[C@@H](C)c2ccc(C)s2)c1OC(C)=O. The molecule has 0 unspecified atom stereocenters. The van der Waals surface area contributed by atoms with Crippen molar-refractivity contribution in [3.63, 3.8) is 0 Å². The lowest BCUT2D eigenvalue weighted by Crippen LogP contribution is -2.26. The first-order valence-electron chi connectivity index (χ1n) is 9.65. The molecule has 2 aromatic heterocycles. The van der Waals surface area contributed by atoms with Crippen LogP contribution >= 0.6 is 11.3 Å². The molecule has 0 fully saturated rings. The first-order chi connectivity index (χ1) is 14.1. The van der Waals surface area contributed by atoms with Crippen LogP contribution in [0.2, 0.25) is 0 Å². The Kier molecular flexibility index (Phi) is 8.11. The summed E-state index contributed by atoms with van der Waals surface area (Å²) in [5.41, 5.74) is -0.0559. The van der Waals surface area contributed by atoms with Crippen molar-refractivity contribution in [3.8, 4) is 11.5 Å². The van der Waals surface area contributed by atoms with Crippen LogP contribution < -0.4 is 9.47 Å². The molecule has 0 amide bonds. The van der Waals surface area contributed by atoms with E-state index in [-0.39, 0.29) is 35.6 Å². The summed E-state index contributed by atoms with van der Waals surface area (Å²) in [7, 11) is 1.40. The normalized spacial score (nSPS) is 13.8. The number of ketones is 1. The maximum Gasteiger partial charge on any atom is 0.309 e. The number of carbonyl (C=O) groups is 3. The van der Waals surface area contributed by atoms with Gasteiger partial charge in [-0.1, -0.05) is 13.8 Å². The molecule has 0 radical (unpaired) electrons. The summed E-state index contributed by atoms with van der Waals surface area (Å²) in [6.45, 7) is 8.72. The number of carbonyl (C=O) groups excluding carboxylic acids is 3. The molecule has 2 heterocycles. The van der Waals surface area contributed by atoms with Gasteiger partial charge in [0.25, 0.3) is 0 Å². The Bertz CT molecular complexity index is 922. The van der Waals surface area contributed by atoms with Gasteiger partial charge < -0.3 is 14.2 Å². The maximum atomic E-state index is 12.8. The number of nitrogens with zero attached hydrogens (tertiary/aromatic N) is 1. The van der Waals surface area contributed by atoms with E-state index in [1.165, 1.54) is 31.2 Å². The molecule has 0 N–H and O–H groups in total. The minimum Gasteiger partial charge on any atom is -0.493 e. The molecule has 0 aliphatic carbocycles. The van der Waals surface area contributed by atoms with Gasteiger partial charge >= 0.3 is 11.9 Å². The molecule has 30 heavy (non-hydrogen) atoms. The van der Waals surface area contributed by atoms with Crippen molar-refractivity contribution in [2.75, 3.05) is 7.11 Å². The van der Waals surface area contributed by atoms with Crippen molar-refractivity contribution >= 4 is 29.1 Å². The van der Waals surface area contributed by atoms with Crippen molar-refractivity contribution in [2.45, 2.75) is 53.1 Å². The molecule has 0 aliphatic heterocycles. The van der Waals surface area contributed by atoms with Gasteiger partial charge in [0.15, 0.2) is 17.2 Å². The molecule has 0 aromatic carbocycles. The third-order valence-corrected chi connectivity index (χ3v) is 5.91. The molecule has 7 nitrogen and oxygen atoms in total. The van der Waals surface area contributed by atoms with Crippen molar-refractivity contribution in [3.05, 3.63) is 39.8 Å². The van der Waals surface area contributed by atoms with Crippen LogP contribution in [0.25, 0.3) is 0 Å². The summed E-state index contributed by atoms with van der Waals surface area (Å²) in [5.74, 6) is -1.98. The molecule has 0 spiro atoms. The standard InChI is InChI=1S/C22H27NO6S/c1-12(22(26)28-15(4)14(3)19-8-7-13(2)30-19)11-17(25)20-21(29-16(5)24)18(27-6)9-10-23-20/h7-10,12,14-15H,11H2,1-6H3/t12-,14-,15+/m1/s1. The first kappa shape index (κ1) is 23.5. The van der Waals surface area contributed by atoms with Gasteiger partial charge in [-0.05, 0) is 26.0 Å². The van der Waals surface area contributed by atoms with E-state index in [0.29, 0.717) is 0 Å². The van der Waals surface area contributed by atoms with Crippen LogP contribution in [-0.2, 0) is 14.3 Å². The molecule has 3 atom stereocenters. The molecule has 2 rings (SSSR count). The maximum absolute atomic E-state index is 12.8. The number of aromatic nitrogens is 1. The van der Waals surface area contributed by atoms with Crippen LogP contribution in [0.1, 0.15) is 60.3 Å². The lowest BCUT2D eigenvalue weighted by molar-refractivity contribution is -0.153. The molecule has 2 aromatic rings. The molecule has 8 heteroatoms. The second-order valence-electron chi connectivity index (χ2n) is 7.19. The van der Waals surface area contributed by atoms with Crippen molar-refractivity contribution in [2.24, 2.45) is 5.92 Å². The Morgan fingerprint density at radius 1 is 1.13 bits per heavy atom. The lowest BCUT2D eigenvalue weighted by atomic mass is 10.0. The van der Waals surface area contributed by atoms with Gasteiger partial charge in [-0.3, -0.25) is 14.4 Å². The summed E-state index contributed by atoms with van der Waals surface area (Å²) in [4.78, 5) is 43.1. The molecule has 0 saturated carbocycles. The Balaban J connectivity index is 2.06. The second-order valence-corrected chi connectivity index (χ2v) is 8.51. The summed E-state index contributed by atoms with van der Waals surface area (Å²) in [6.07, 6.45) is 0.918. The number of thiophene rings is 1. The number of Topliss-reactive ketones (excluding diaryl/α,β-unsaturated/α-hetero) is 1. The fourth-order valence-corrected chi connectivity index (χ4v) is 3.84. The second kappa shape index (κ2) is 10.3. The highest BCUT2D eigenvalue weighted by Crippen LogP contribution is 2.32. The van der Waals surface area contributed by atoms with E-state index in [1.807, 2.05) is 32.9 Å². The molecule has 0 bridgehead atoms. The van der Waals surface area contributed by atoms with E-state index >= 15 is 0 Å². The molecular weight excluding hydrogens is 406 g/mol. The zero-order valence-corrected chi connectivity index (χ0v) is 18.9. The number of esters is 2. The van der Waals surface area contributed by atoms with Gasteiger partial charge in [0, 0.05) is 41.3 Å². The average molecular weight is 434 g/mol. The van der Waals surface area contributed by atoms with E-state index in [0.717, 1.165) is 4.88 Å². The number of aryl methyl sites for hydroxylation is 1. The van der Waals surface area contributed by atoms with Crippen LogP contribution in [0.3, 0.4) is 0 Å². The predicted molar refractivity (Wildman–Crippen MR) is 113 cm³/mol. The predicted octanol–water partition coefficient (Wildman–Crippen LogP) is 4.33. The van der Waals surface area contributed by atoms with Gasteiger partial charge in [0.2, 0.25) is 5.75 Å². The Hall–Kier alpha value is -2.74. The smallest absolute Gasteiger partial charge is 0.309 e. The Morgan fingerprint density at radius 2 is 1.83 bits per heavy atom. The number of pyridine rings is 1. The zero-order valence-electron chi connectivity index (χ0n) is 18.1. The van der Waals surface area contributed by atoms with Gasteiger partial charge in [-0.15, -0.1) is 11.3 Å². The Labute approximate surface area is 180 Å². The fraction of sp³-hybridized carbons (Fsp3) is 0.455. The third-order valence-electron chi connectivity index (χ3n) is 4.71. The van der Waals surface area contributed by atoms with Crippen LogP contribution in [0.15, 0.2) is 24.4 Å². The molecule has 162 valence electrons. The van der Waals surface area contributed by atoms with E-state index in [1.54, 1.807) is 18.3 Å². The van der Waals surface area contributed by atoms with Gasteiger partial charge in [-0.2, -0.15) is 0 Å². The van der Waals surface area contributed by atoms with E-state index < -0.39 is 23.6 Å². The Morgan fingerprint density at radius 3 is 2.40 bits per heavy atom. The highest BCUT2D eigenvalue weighted by Gasteiger charge is 2.27. The average Bonchev–Trinajstić information content (AvgIpc) is 3.13. The summed E-state index contributed by atoms with van der Waals surface area (Å²) in [5, 5.41) is 0. The minimum absolute atomic E-state index is 0.0474. The number of hydrogen-bond acceptors (Lipinski definition) is 8. The fourth-order valence-electron chi connectivity index (χ4n) is 2.82. The van der Waals surface area contributed by atoms with E-state index in [4.69, 9.17) is 14.2 Å². The van der Waals surface area contributed by atoms with Gasteiger partial charge in [0.05, 0.1) is 13.0 Å². The highest BCUT2D eigenvalue weighted by atomic mass is 32.1. The van der Waals surface area contributed by atoms with Crippen molar-refractivity contribution in [1.82, 2.24) is 4.98 Å². The molecule has 0 aliphatic rings. The van der Waals surface area contributed by atoms with E-state index in [9.17, 15) is 14.4 Å². The monoisotopic (exact) mass is 433 g/mol.